The molecule has 0 radical (unpaired) electrons. The minimum Gasteiger partial charge on any atom is -0.459 e. The number of benzene rings is 1. The van der Waals surface area contributed by atoms with Crippen LogP contribution in [0.4, 0.5) is 5.69 Å². The molecule has 1 aliphatic rings. The number of ether oxygens (including phenoxy) is 1. The molecule has 1 unspecified atom stereocenters. The number of thioether (sulfide) groups is 1. The van der Waals surface area contributed by atoms with Crippen molar-refractivity contribution in [3.8, 4) is 0 Å². The van der Waals surface area contributed by atoms with Crippen molar-refractivity contribution in [2.24, 2.45) is 5.92 Å². The average molecular weight is 335 g/mol. The Morgan fingerprint density at radius 3 is 2.52 bits per heavy atom. The molecule has 124 valence electrons. The van der Waals surface area contributed by atoms with E-state index in [1.807, 2.05) is 0 Å². The Kier molecular flexibility index (Phi) is 5.82. The van der Waals surface area contributed by atoms with Crippen molar-refractivity contribution in [1.82, 2.24) is 0 Å². The number of carbonyl (C=O) groups is 3. The average Bonchev–Trinajstić information content (AvgIpc) is 2.85. The van der Waals surface area contributed by atoms with Crippen molar-refractivity contribution in [2.45, 2.75) is 33.3 Å². The van der Waals surface area contributed by atoms with Gasteiger partial charge in [-0.05, 0) is 44.0 Å². The molecule has 0 aromatic heterocycles. The first-order chi connectivity index (χ1) is 10.9. The van der Waals surface area contributed by atoms with Crippen LogP contribution in [0.5, 0.6) is 0 Å². The van der Waals surface area contributed by atoms with Gasteiger partial charge < -0.3 is 9.64 Å². The summed E-state index contributed by atoms with van der Waals surface area (Å²) >= 11 is 1.26. The van der Waals surface area contributed by atoms with Gasteiger partial charge in [0, 0.05) is 31.3 Å². The molecule has 1 heterocycles. The van der Waals surface area contributed by atoms with Gasteiger partial charge >= 0.3 is 5.97 Å². The molecule has 1 aromatic carbocycles. The number of rotatable bonds is 5. The summed E-state index contributed by atoms with van der Waals surface area (Å²) in [4.78, 5) is 36.7. The van der Waals surface area contributed by atoms with E-state index < -0.39 is 0 Å². The summed E-state index contributed by atoms with van der Waals surface area (Å²) in [6.45, 7) is 5.74. The number of anilines is 1. The number of amides is 1. The summed E-state index contributed by atoms with van der Waals surface area (Å²) in [5.41, 5.74) is 1.24. The summed E-state index contributed by atoms with van der Waals surface area (Å²) in [6.07, 6.45) is 0.291. The highest BCUT2D eigenvalue weighted by Gasteiger charge is 2.30. The first-order valence-corrected chi connectivity index (χ1v) is 8.60. The normalized spacial score (nSPS) is 17.7. The molecule has 0 spiro atoms. The van der Waals surface area contributed by atoms with Gasteiger partial charge in [0.2, 0.25) is 5.91 Å². The van der Waals surface area contributed by atoms with E-state index in [1.54, 1.807) is 43.0 Å². The standard InChI is InChI=1S/C17H21NO4S/c1-11(2)22-17(21)14-4-6-15(7-5-14)18-9-13(8-16(18)20)10-23-12(3)19/h4-7,11,13H,8-10H2,1-3H3. The Morgan fingerprint density at radius 1 is 1.30 bits per heavy atom. The summed E-state index contributed by atoms with van der Waals surface area (Å²) < 4.78 is 5.14. The predicted octanol–water partition coefficient (Wildman–Crippen LogP) is 2.88. The van der Waals surface area contributed by atoms with Crippen molar-refractivity contribution in [3.05, 3.63) is 29.8 Å². The van der Waals surface area contributed by atoms with Crippen molar-refractivity contribution < 1.29 is 19.1 Å². The Bertz CT molecular complexity index is 597. The van der Waals surface area contributed by atoms with Crippen LogP contribution in [0.1, 0.15) is 37.6 Å². The van der Waals surface area contributed by atoms with Crippen molar-refractivity contribution in [1.29, 1.82) is 0 Å². The number of esters is 1. The van der Waals surface area contributed by atoms with E-state index in [9.17, 15) is 14.4 Å². The zero-order chi connectivity index (χ0) is 17.0. The molecule has 1 atom stereocenters. The topological polar surface area (TPSA) is 63.7 Å². The largest absolute Gasteiger partial charge is 0.459 e. The highest BCUT2D eigenvalue weighted by molar-refractivity contribution is 8.13. The third kappa shape index (κ3) is 4.82. The first kappa shape index (κ1) is 17.5. The van der Waals surface area contributed by atoms with Gasteiger partial charge in [0.05, 0.1) is 11.7 Å². The molecule has 1 aromatic rings. The van der Waals surface area contributed by atoms with Crippen LogP contribution >= 0.6 is 11.8 Å². The van der Waals surface area contributed by atoms with Crippen LogP contribution in [0.15, 0.2) is 24.3 Å². The predicted molar refractivity (Wildman–Crippen MR) is 90.6 cm³/mol. The van der Waals surface area contributed by atoms with Gasteiger partial charge in [-0.1, -0.05) is 11.8 Å². The molecule has 0 bridgehead atoms. The zero-order valence-corrected chi connectivity index (χ0v) is 14.4. The molecule has 0 N–H and O–H groups in total. The van der Waals surface area contributed by atoms with E-state index in [0.29, 0.717) is 24.3 Å². The number of carbonyl (C=O) groups excluding carboxylic acids is 3. The molecule has 1 saturated heterocycles. The Balaban J connectivity index is 2.00. The molecule has 6 heteroatoms. The molecular formula is C17H21NO4S. The monoisotopic (exact) mass is 335 g/mol. The molecule has 0 aliphatic carbocycles. The second-order valence-corrected chi connectivity index (χ2v) is 7.07. The number of hydrogen-bond acceptors (Lipinski definition) is 5. The summed E-state index contributed by atoms with van der Waals surface area (Å²) in [5, 5.41) is 0.0731. The van der Waals surface area contributed by atoms with Crippen molar-refractivity contribution >= 4 is 34.4 Å². The van der Waals surface area contributed by atoms with Crippen LogP contribution in [-0.2, 0) is 14.3 Å². The minimum absolute atomic E-state index is 0.0525. The minimum atomic E-state index is -0.366. The maximum atomic E-state index is 12.1. The van der Waals surface area contributed by atoms with Crippen LogP contribution in [0.25, 0.3) is 0 Å². The maximum Gasteiger partial charge on any atom is 0.338 e. The lowest BCUT2D eigenvalue weighted by Crippen LogP contribution is -2.24. The molecule has 23 heavy (non-hydrogen) atoms. The van der Waals surface area contributed by atoms with Crippen LogP contribution < -0.4 is 4.90 Å². The van der Waals surface area contributed by atoms with Gasteiger partial charge in [-0.25, -0.2) is 4.79 Å². The molecular weight excluding hydrogens is 314 g/mol. The van der Waals surface area contributed by atoms with Crippen LogP contribution in [0.3, 0.4) is 0 Å². The number of nitrogens with zero attached hydrogens (tertiary/aromatic N) is 1. The van der Waals surface area contributed by atoms with E-state index in [-0.39, 0.29) is 29.0 Å². The van der Waals surface area contributed by atoms with Gasteiger partial charge in [-0.15, -0.1) is 0 Å². The summed E-state index contributed by atoms with van der Waals surface area (Å²) in [5.74, 6) is 0.532. The van der Waals surface area contributed by atoms with E-state index in [4.69, 9.17) is 4.74 Å². The Labute approximate surface area is 140 Å². The summed E-state index contributed by atoms with van der Waals surface area (Å²) in [6, 6.07) is 6.86. The lowest BCUT2D eigenvalue weighted by atomic mass is 10.1. The van der Waals surface area contributed by atoms with Crippen molar-refractivity contribution in [3.63, 3.8) is 0 Å². The smallest absolute Gasteiger partial charge is 0.338 e. The SMILES string of the molecule is CC(=O)SCC1CC(=O)N(c2ccc(C(=O)OC(C)C)cc2)C1. The molecule has 5 nitrogen and oxygen atoms in total. The third-order valence-electron chi connectivity index (χ3n) is 3.48. The molecule has 1 fully saturated rings. The van der Waals surface area contributed by atoms with Gasteiger partial charge in [0.25, 0.3) is 0 Å². The van der Waals surface area contributed by atoms with Gasteiger partial charge in [0.1, 0.15) is 0 Å². The summed E-state index contributed by atoms with van der Waals surface area (Å²) in [7, 11) is 0. The number of hydrogen-bond donors (Lipinski definition) is 0. The van der Waals surface area contributed by atoms with E-state index in [2.05, 4.69) is 0 Å². The van der Waals surface area contributed by atoms with Gasteiger partial charge in [-0.3, -0.25) is 9.59 Å². The molecule has 1 amide bonds. The molecule has 0 saturated carbocycles. The Morgan fingerprint density at radius 2 is 1.96 bits per heavy atom. The quantitative estimate of drug-likeness (QED) is 0.774. The maximum absolute atomic E-state index is 12.1. The second kappa shape index (κ2) is 7.64. The Hall–Kier alpha value is -1.82. The van der Waals surface area contributed by atoms with E-state index in [1.165, 1.54) is 18.7 Å². The van der Waals surface area contributed by atoms with Crippen LogP contribution in [0.2, 0.25) is 0 Å². The lowest BCUT2D eigenvalue weighted by molar-refractivity contribution is -0.117. The highest BCUT2D eigenvalue weighted by atomic mass is 32.2. The lowest BCUT2D eigenvalue weighted by Gasteiger charge is -2.17. The fraction of sp³-hybridized carbons (Fsp3) is 0.471. The van der Waals surface area contributed by atoms with Crippen molar-refractivity contribution in [2.75, 3.05) is 17.2 Å². The molecule has 2 rings (SSSR count). The van der Waals surface area contributed by atoms with Crippen LogP contribution in [-0.4, -0.2) is 35.4 Å². The van der Waals surface area contributed by atoms with E-state index in [0.717, 1.165) is 5.69 Å². The zero-order valence-electron chi connectivity index (χ0n) is 13.6. The van der Waals surface area contributed by atoms with Gasteiger partial charge in [0.15, 0.2) is 5.12 Å². The van der Waals surface area contributed by atoms with Crippen LogP contribution in [0, 0.1) is 5.92 Å². The fourth-order valence-corrected chi connectivity index (χ4v) is 3.13. The second-order valence-electron chi connectivity index (χ2n) is 5.88. The van der Waals surface area contributed by atoms with Gasteiger partial charge in [-0.2, -0.15) is 0 Å². The molecule has 1 aliphatic heterocycles. The van der Waals surface area contributed by atoms with E-state index >= 15 is 0 Å². The fourth-order valence-electron chi connectivity index (χ4n) is 2.44. The third-order valence-corrected chi connectivity index (χ3v) is 4.53. The highest BCUT2D eigenvalue weighted by Crippen LogP contribution is 2.27. The first-order valence-electron chi connectivity index (χ1n) is 7.61.